The molecule has 0 unspecified atom stereocenters. The van der Waals surface area contributed by atoms with Gasteiger partial charge in [0.1, 0.15) is 14.6 Å². The summed E-state index contributed by atoms with van der Waals surface area (Å²) in [6.45, 7) is 7.74. The second kappa shape index (κ2) is 8.58. The summed E-state index contributed by atoms with van der Waals surface area (Å²) in [4.78, 5) is 13.0. The topological polar surface area (TPSA) is 29.5 Å². The lowest BCUT2D eigenvalue weighted by Crippen LogP contribution is -2.26. The van der Waals surface area contributed by atoms with E-state index in [4.69, 9.17) is 7.48 Å². The smallest absolute Gasteiger partial charge is 0.298 e. The third kappa shape index (κ3) is 9.71. The van der Waals surface area contributed by atoms with Crippen LogP contribution >= 0.6 is 0 Å². The first kappa shape index (κ1) is 13.0. The number of ether oxygens (including phenoxy) is 1. The Morgan fingerprint density at radius 1 is 1.50 bits per heavy atom. The van der Waals surface area contributed by atoms with E-state index in [2.05, 4.69) is 49.5 Å². The average Bonchev–Trinajstić information content (AvgIpc) is 2.32. The molecule has 1 amide bonds. The molecule has 98 valence electrons. The zero-order chi connectivity index (χ0) is 15.8. The molecule has 0 saturated heterocycles. The van der Waals surface area contributed by atoms with Crippen LogP contribution in [0.1, 0.15) is 2.74 Å². The molecule has 0 radical (unpaired) electrons. The van der Waals surface area contributed by atoms with E-state index in [-0.39, 0.29) is 19.1 Å². The fourth-order valence-corrected chi connectivity index (χ4v) is 1.22. The second-order valence-corrected chi connectivity index (χ2v) is 9.41. The molecule has 0 aliphatic rings. The number of hydrogen-bond donors (Lipinski definition) is 0. The minimum absolute atomic E-state index is 0.0815. The lowest BCUT2D eigenvalue weighted by atomic mass is 10.5. The highest BCUT2D eigenvalue weighted by Crippen LogP contribution is 1.96. The molecule has 0 aliphatic carbocycles. The Kier molecular flexibility index (Phi) is 6.17. The quantitative estimate of drug-likeness (QED) is 0.438. The highest BCUT2D eigenvalue weighted by Gasteiger charge is 2.09. The van der Waals surface area contributed by atoms with Crippen molar-refractivity contribution in [1.29, 1.82) is 0 Å². The number of amides is 1. The van der Waals surface area contributed by atoms with Gasteiger partial charge in [0.25, 0.3) is 5.91 Å². The zero-order valence-electron chi connectivity index (χ0n) is 13.5. The molecule has 0 aromatic heterocycles. The molecule has 0 rings (SSSR count). The molecule has 0 aromatic rings. The van der Waals surface area contributed by atoms with Gasteiger partial charge in [-0.2, -0.15) is 0 Å². The molecular formula is C14H21NO2Si. The zero-order valence-corrected chi connectivity index (χ0v) is 12.5. The largest absolute Gasteiger partial charge is 0.365 e. The molecule has 0 aromatic carbocycles. The Labute approximate surface area is 114 Å². The Morgan fingerprint density at radius 3 is 2.72 bits per heavy atom. The molecule has 0 aliphatic heterocycles. The van der Waals surface area contributed by atoms with Crippen LogP contribution in [0.15, 0.2) is 12.7 Å². The molecule has 18 heavy (non-hydrogen) atoms. The summed E-state index contributed by atoms with van der Waals surface area (Å²) in [5.41, 5.74) is 2.98. The van der Waals surface area contributed by atoms with Gasteiger partial charge in [0.2, 0.25) is 0 Å². The van der Waals surface area contributed by atoms with Crippen molar-refractivity contribution in [3.05, 3.63) is 12.7 Å². The average molecular weight is 265 g/mol. The van der Waals surface area contributed by atoms with E-state index < -0.39 is 14.6 Å². The van der Waals surface area contributed by atoms with Crippen molar-refractivity contribution < 1.29 is 12.3 Å². The van der Waals surface area contributed by atoms with Crippen LogP contribution in [-0.2, 0) is 9.53 Å². The Balaban J connectivity index is 4.49. The third-order valence-electron chi connectivity index (χ3n) is 1.62. The van der Waals surface area contributed by atoms with E-state index in [9.17, 15) is 4.79 Å². The Morgan fingerprint density at radius 2 is 2.17 bits per heavy atom. The van der Waals surface area contributed by atoms with Crippen LogP contribution in [-0.4, -0.2) is 45.6 Å². The van der Waals surface area contributed by atoms with E-state index in [0.717, 1.165) is 0 Å². The van der Waals surface area contributed by atoms with Gasteiger partial charge in [-0.05, 0) is 5.92 Å². The van der Waals surface area contributed by atoms with Gasteiger partial charge < -0.3 is 9.64 Å². The van der Waals surface area contributed by atoms with Crippen molar-refractivity contribution in [3.63, 3.8) is 0 Å². The van der Waals surface area contributed by atoms with Crippen LogP contribution < -0.4 is 0 Å². The summed E-state index contributed by atoms with van der Waals surface area (Å²) in [7, 11) is 0.00341. The molecular weight excluding hydrogens is 242 g/mol. The molecule has 0 heterocycles. The monoisotopic (exact) mass is 265 g/mol. The lowest BCUT2D eigenvalue weighted by Gasteiger charge is -2.09. The maximum Gasteiger partial charge on any atom is 0.298 e. The van der Waals surface area contributed by atoms with E-state index in [1.165, 1.54) is 11.0 Å². The van der Waals surface area contributed by atoms with Crippen LogP contribution in [0, 0.1) is 23.3 Å². The normalized spacial score (nSPS) is 12.0. The van der Waals surface area contributed by atoms with Crippen LogP contribution in [0.3, 0.4) is 0 Å². The summed E-state index contributed by atoms with van der Waals surface area (Å²) in [5, 5.41) is 0. The minimum atomic E-state index is -2.04. The van der Waals surface area contributed by atoms with Gasteiger partial charge in [0, 0.05) is 7.05 Å². The van der Waals surface area contributed by atoms with E-state index in [1.807, 2.05) is 0 Å². The van der Waals surface area contributed by atoms with Gasteiger partial charge in [0.05, 0.1) is 15.9 Å². The Bertz CT molecular complexity index is 475. The maximum atomic E-state index is 11.7. The standard InChI is InChI=1S/C14H21NO2Si/c1-6-11-17-12-8-7-10-15(2)14(16)9-13-18(3,4)5/h6H,1,10-12H2,2-5H3/i12D2. The van der Waals surface area contributed by atoms with Crippen molar-refractivity contribution in [2.45, 2.75) is 19.6 Å². The van der Waals surface area contributed by atoms with Crippen LogP contribution in [0.5, 0.6) is 0 Å². The number of hydrogen-bond acceptors (Lipinski definition) is 2. The van der Waals surface area contributed by atoms with Gasteiger partial charge in [-0.15, -0.1) is 12.1 Å². The first-order valence-electron chi connectivity index (χ1n) is 6.60. The number of nitrogens with zero attached hydrogens (tertiary/aromatic N) is 1. The highest BCUT2D eigenvalue weighted by atomic mass is 28.3. The summed E-state index contributed by atoms with van der Waals surface area (Å²) < 4.78 is 19.7. The van der Waals surface area contributed by atoms with Gasteiger partial charge in [-0.1, -0.05) is 37.6 Å². The molecule has 0 spiro atoms. The van der Waals surface area contributed by atoms with Gasteiger partial charge in [-0.3, -0.25) is 4.79 Å². The summed E-state index contributed by atoms with van der Waals surface area (Å²) in [6, 6.07) is 0. The third-order valence-corrected chi connectivity index (χ3v) is 2.50. The fourth-order valence-electron chi connectivity index (χ4n) is 0.739. The molecule has 0 N–H and O–H groups in total. The van der Waals surface area contributed by atoms with Crippen molar-refractivity contribution in [1.82, 2.24) is 4.90 Å². The van der Waals surface area contributed by atoms with E-state index in [1.54, 1.807) is 7.05 Å². The fraction of sp³-hybridized carbons (Fsp3) is 0.500. The Hall–Kier alpha value is -1.49. The molecule has 4 heteroatoms. The summed E-state index contributed by atoms with van der Waals surface area (Å²) in [6.07, 6.45) is 1.45. The SMILES string of the molecule is [2H]C([2H])(C#CCN(C)C(=O)C#C[Si](C)(C)C)OCC=C. The number of carbonyl (C=O) groups is 1. The highest BCUT2D eigenvalue weighted by molar-refractivity contribution is 6.84. The van der Waals surface area contributed by atoms with E-state index in [0.29, 0.717) is 0 Å². The van der Waals surface area contributed by atoms with Crippen molar-refractivity contribution in [3.8, 4) is 23.3 Å². The summed E-state index contributed by atoms with van der Waals surface area (Å²) in [5.74, 6) is 7.19. The number of carbonyl (C=O) groups excluding carboxylic acids is 1. The lowest BCUT2D eigenvalue weighted by molar-refractivity contribution is -0.123. The predicted octanol–water partition coefficient (Wildman–Crippen LogP) is 1.53. The second-order valence-electron chi connectivity index (χ2n) is 4.66. The molecule has 0 saturated carbocycles. The molecule has 3 nitrogen and oxygen atoms in total. The molecule has 0 bridgehead atoms. The van der Waals surface area contributed by atoms with E-state index >= 15 is 0 Å². The van der Waals surface area contributed by atoms with Crippen molar-refractivity contribution in [2.24, 2.45) is 0 Å². The molecule has 0 fully saturated rings. The van der Waals surface area contributed by atoms with Crippen LogP contribution in [0.2, 0.25) is 19.6 Å². The first-order chi connectivity index (χ1) is 9.07. The minimum Gasteiger partial charge on any atom is -0.365 e. The van der Waals surface area contributed by atoms with Gasteiger partial charge in [0.15, 0.2) is 0 Å². The van der Waals surface area contributed by atoms with Crippen LogP contribution in [0.4, 0.5) is 0 Å². The van der Waals surface area contributed by atoms with Gasteiger partial charge in [-0.25, -0.2) is 0 Å². The molecule has 0 atom stereocenters. The maximum absolute atomic E-state index is 11.7. The first-order valence-corrected chi connectivity index (χ1v) is 9.10. The summed E-state index contributed by atoms with van der Waals surface area (Å²) >= 11 is 0. The predicted molar refractivity (Wildman–Crippen MR) is 77.6 cm³/mol. The number of rotatable bonds is 4. The van der Waals surface area contributed by atoms with Gasteiger partial charge >= 0.3 is 0 Å². The van der Waals surface area contributed by atoms with Crippen molar-refractivity contribution in [2.75, 3.05) is 26.8 Å². The van der Waals surface area contributed by atoms with Crippen molar-refractivity contribution >= 4 is 14.0 Å². The van der Waals surface area contributed by atoms with Crippen LogP contribution in [0.25, 0.3) is 0 Å².